The molecule has 1 N–H and O–H groups in total. The molecule has 0 saturated heterocycles. The Labute approximate surface area is 118 Å². The quantitative estimate of drug-likeness (QED) is 0.872. The molecular formula is C14H21N5O. The van der Waals surface area contributed by atoms with E-state index < -0.39 is 0 Å². The van der Waals surface area contributed by atoms with Crippen LogP contribution in [0.2, 0.25) is 0 Å². The van der Waals surface area contributed by atoms with E-state index in [0.29, 0.717) is 13.0 Å². The Hall–Kier alpha value is -2.11. The zero-order valence-corrected chi connectivity index (χ0v) is 12.2. The van der Waals surface area contributed by atoms with Crippen LogP contribution in [0.1, 0.15) is 37.6 Å². The van der Waals surface area contributed by atoms with Gasteiger partial charge in [0.1, 0.15) is 0 Å². The van der Waals surface area contributed by atoms with Gasteiger partial charge < -0.3 is 5.32 Å². The number of aryl methyl sites for hydroxylation is 1. The molecule has 20 heavy (non-hydrogen) atoms. The van der Waals surface area contributed by atoms with Crippen LogP contribution in [0.15, 0.2) is 24.7 Å². The molecule has 0 aliphatic heterocycles. The molecule has 0 bridgehead atoms. The van der Waals surface area contributed by atoms with E-state index in [1.54, 1.807) is 10.9 Å². The van der Waals surface area contributed by atoms with E-state index in [4.69, 9.17) is 0 Å². The fourth-order valence-electron chi connectivity index (χ4n) is 2.15. The Bertz CT molecular complexity index is 558. The highest BCUT2D eigenvalue weighted by Gasteiger charge is 2.12. The molecule has 0 fully saturated rings. The second-order valence-corrected chi connectivity index (χ2v) is 4.89. The lowest BCUT2D eigenvalue weighted by molar-refractivity contribution is -0.122. The minimum absolute atomic E-state index is 0.0247. The Morgan fingerprint density at radius 1 is 1.45 bits per heavy atom. The van der Waals surface area contributed by atoms with E-state index in [2.05, 4.69) is 15.5 Å². The molecule has 6 nitrogen and oxygen atoms in total. The number of nitrogens with zero attached hydrogens (tertiary/aromatic N) is 4. The number of hydrogen-bond acceptors (Lipinski definition) is 3. The van der Waals surface area contributed by atoms with Gasteiger partial charge >= 0.3 is 0 Å². The second-order valence-electron chi connectivity index (χ2n) is 4.89. The minimum Gasteiger partial charge on any atom is -0.352 e. The van der Waals surface area contributed by atoms with Crippen LogP contribution >= 0.6 is 0 Å². The van der Waals surface area contributed by atoms with Gasteiger partial charge in [-0.15, -0.1) is 0 Å². The van der Waals surface area contributed by atoms with Gasteiger partial charge in [0.15, 0.2) is 0 Å². The van der Waals surface area contributed by atoms with Crippen molar-refractivity contribution in [2.24, 2.45) is 0 Å². The molecular weight excluding hydrogens is 254 g/mol. The summed E-state index contributed by atoms with van der Waals surface area (Å²) < 4.78 is 3.72. The Kier molecular flexibility index (Phi) is 4.55. The normalized spacial score (nSPS) is 12.3. The van der Waals surface area contributed by atoms with Crippen LogP contribution < -0.4 is 5.32 Å². The van der Waals surface area contributed by atoms with Gasteiger partial charge in [0.25, 0.3) is 0 Å². The second kappa shape index (κ2) is 6.36. The van der Waals surface area contributed by atoms with Crippen LogP contribution in [0.5, 0.6) is 0 Å². The molecule has 1 unspecified atom stereocenters. The van der Waals surface area contributed by atoms with Gasteiger partial charge in [-0.05, 0) is 26.8 Å². The fraction of sp³-hybridized carbons (Fsp3) is 0.500. The van der Waals surface area contributed by atoms with Crippen molar-refractivity contribution in [3.8, 4) is 0 Å². The summed E-state index contributed by atoms with van der Waals surface area (Å²) in [5.41, 5.74) is 2.17. The molecule has 2 aromatic heterocycles. The molecule has 0 spiro atoms. The summed E-state index contributed by atoms with van der Waals surface area (Å²) in [5, 5.41) is 11.3. The first-order valence-corrected chi connectivity index (χ1v) is 6.89. The molecule has 0 aromatic carbocycles. The van der Waals surface area contributed by atoms with Crippen molar-refractivity contribution in [2.45, 2.75) is 46.3 Å². The van der Waals surface area contributed by atoms with Gasteiger partial charge in [-0.3, -0.25) is 14.2 Å². The van der Waals surface area contributed by atoms with Crippen LogP contribution in [-0.2, 0) is 17.9 Å². The van der Waals surface area contributed by atoms with Crippen molar-refractivity contribution in [2.75, 3.05) is 0 Å². The Morgan fingerprint density at radius 3 is 2.85 bits per heavy atom. The first-order valence-electron chi connectivity index (χ1n) is 6.89. The van der Waals surface area contributed by atoms with Crippen molar-refractivity contribution in [3.63, 3.8) is 0 Å². The number of carbonyl (C=O) groups is 1. The van der Waals surface area contributed by atoms with Crippen molar-refractivity contribution in [1.82, 2.24) is 24.9 Å². The standard InChI is InChI=1S/C14H21N5O/c1-4-18-12(3)13(10-17-18)9-15-14(20)8-11(2)19-7-5-6-16-19/h5-7,10-11H,4,8-9H2,1-3H3,(H,15,20). The predicted molar refractivity (Wildman–Crippen MR) is 76.0 cm³/mol. The highest BCUT2D eigenvalue weighted by Crippen LogP contribution is 2.10. The van der Waals surface area contributed by atoms with Crippen molar-refractivity contribution < 1.29 is 4.79 Å². The van der Waals surface area contributed by atoms with Crippen LogP contribution in [0, 0.1) is 6.92 Å². The summed E-state index contributed by atoms with van der Waals surface area (Å²) in [7, 11) is 0. The maximum absolute atomic E-state index is 11.9. The number of amides is 1. The Morgan fingerprint density at radius 2 is 2.25 bits per heavy atom. The molecule has 1 atom stereocenters. The molecule has 0 aliphatic carbocycles. The number of aromatic nitrogens is 4. The highest BCUT2D eigenvalue weighted by atomic mass is 16.1. The molecule has 2 heterocycles. The molecule has 2 rings (SSSR count). The molecule has 0 saturated carbocycles. The Balaban J connectivity index is 1.84. The van der Waals surface area contributed by atoms with Gasteiger partial charge in [-0.25, -0.2) is 0 Å². The lowest BCUT2D eigenvalue weighted by Gasteiger charge is -2.12. The van der Waals surface area contributed by atoms with Gasteiger partial charge in [0.05, 0.1) is 12.2 Å². The molecule has 0 aliphatic rings. The summed E-state index contributed by atoms with van der Waals surface area (Å²) in [5.74, 6) is 0.0247. The fourth-order valence-corrected chi connectivity index (χ4v) is 2.15. The molecule has 2 aromatic rings. The average Bonchev–Trinajstić information content (AvgIpc) is 3.06. The van der Waals surface area contributed by atoms with Crippen LogP contribution in [0.25, 0.3) is 0 Å². The maximum Gasteiger partial charge on any atom is 0.222 e. The third-order valence-corrected chi connectivity index (χ3v) is 3.44. The number of rotatable bonds is 6. The summed E-state index contributed by atoms with van der Waals surface area (Å²) >= 11 is 0. The first kappa shape index (κ1) is 14.3. The van der Waals surface area contributed by atoms with E-state index in [9.17, 15) is 4.79 Å². The lowest BCUT2D eigenvalue weighted by atomic mass is 10.2. The lowest BCUT2D eigenvalue weighted by Crippen LogP contribution is -2.25. The van der Waals surface area contributed by atoms with E-state index in [1.165, 1.54) is 0 Å². The zero-order chi connectivity index (χ0) is 14.5. The SMILES string of the molecule is CCn1ncc(CNC(=O)CC(C)n2cccn2)c1C. The van der Waals surface area contributed by atoms with Gasteiger partial charge in [-0.1, -0.05) is 0 Å². The summed E-state index contributed by atoms with van der Waals surface area (Å²) in [4.78, 5) is 11.9. The zero-order valence-electron chi connectivity index (χ0n) is 12.2. The first-order chi connectivity index (χ1) is 9.61. The number of nitrogens with one attached hydrogen (secondary N) is 1. The monoisotopic (exact) mass is 275 g/mol. The minimum atomic E-state index is 0.0247. The molecule has 0 radical (unpaired) electrons. The van der Waals surface area contributed by atoms with Gasteiger partial charge in [0, 0.05) is 43.2 Å². The van der Waals surface area contributed by atoms with E-state index in [-0.39, 0.29) is 11.9 Å². The largest absolute Gasteiger partial charge is 0.352 e. The highest BCUT2D eigenvalue weighted by molar-refractivity contribution is 5.76. The molecule has 1 amide bonds. The van der Waals surface area contributed by atoms with Crippen molar-refractivity contribution in [3.05, 3.63) is 35.9 Å². The third-order valence-electron chi connectivity index (χ3n) is 3.44. The third kappa shape index (κ3) is 3.26. The maximum atomic E-state index is 11.9. The number of carbonyl (C=O) groups excluding carboxylic acids is 1. The predicted octanol–water partition coefficient (Wildman–Crippen LogP) is 1.68. The van der Waals surface area contributed by atoms with Gasteiger partial charge in [0.2, 0.25) is 5.91 Å². The summed E-state index contributed by atoms with van der Waals surface area (Å²) in [6.45, 7) is 7.41. The smallest absolute Gasteiger partial charge is 0.222 e. The molecule has 108 valence electrons. The van der Waals surface area contributed by atoms with Crippen molar-refractivity contribution >= 4 is 5.91 Å². The topological polar surface area (TPSA) is 64.7 Å². The summed E-state index contributed by atoms with van der Waals surface area (Å²) in [6.07, 6.45) is 5.82. The molecule has 6 heteroatoms. The van der Waals surface area contributed by atoms with E-state index in [0.717, 1.165) is 17.8 Å². The average molecular weight is 275 g/mol. The van der Waals surface area contributed by atoms with Crippen LogP contribution in [-0.4, -0.2) is 25.5 Å². The van der Waals surface area contributed by atoms with Gasteiger partial charge in [-0.2, -0.15) is 10.2 Å². The number of hydrogen-bond donors (Lipinski definition) is 1. The summed E-state index contributed by atoms with van der Waals surface area (Å²) in [6, 6.07) is 1.92. The van der Waals surface area contributed by atoms with E-state index >= 15 is 0 Å². The van der Waals surface area contributed by atoms with E-state index in [1.807, 2.05) is 43.9 Å². The van der Waals surface area contributed by atoms with Crippen LogP contribution in [0.4, 0.5) is 0 Å². The van der Waals surface area contributed by atoms with Crippen molar-refractivity contribution in [1.29, 1.82) is 0 Å². The van der Waals surface area contributed by atoms with Crippen LogP contribution in [0.3, 0.4) is 0 Å².